The highest BCUT2D eigenvalue weighted by molar-refractivity contribution is 15.0. The molecule has 2 unspecified atom stereocenters. The van der Waals surface area contributed by atoms with Gasteiger partial charge >= 0.3 is 35.8 Å². The number of aliphatic hydroxyl groups is 1. The molecule has 452 valence electrons. The highest BCUT2D eigenvalue weighted by Gasteiger charge is 2.37. The van der Waals surface area contributed by atoms with Gasteiger partial charge in [0.25, 0.3) is 0 Å². The minimum Gasteiger partial charge on any atom is -0.437 e. The van der Waals surface area contributed by atoms with Gasteiger partial charge in [0.2, 0.25) is 25.4 Å². The lowest BCUT2D eigenvalue weighted by molar-refractivity contribution is -0.163. The molecule has 0 aromatic rings. The third-order valence-electron chi connectivity index (χ3n) is 11.3. The van der Waals surface area contributed by atoms with Crippen LogP contribution in [0.15, 0.2) is 11.6 Å². The quantitative estimate of drug-likeness (QED) is 0.0220. The second kappa shape index (κ2) is 49.1. The van der Waals surface area contributed by atoms with E-state index in [0.717, 1.165) is 44.0 Å². The minimum absolute atomic E-state index is 0. The molecule has 78 heavy (non-hydrogen) atoms. The summed E-state index contributed by atoms with van der Waals surface area (Å²) in [5.74, 6) is -1.78. The lowest BCUT2D eigenvalue weighted by atomic mass is 10.1. The number of halogens is 6. The van der Waals surface area contributed by atoms with Crippen LogP contribution in [0.5, 0.6) is 0 Å². The van der Waals surface area contributed by atoms with Crippen LogP contribution in [0.1, 0.15) is 103 Å². The van der Waals surface area contributed by atoms with Gasteiger partial charge in [-0.3, -0.25) is 9.59 Å². The van der Waals surface area contributed by atoms with Crippen molar-refractivity contribution in [2.45, 2.75) is 139 Å². The first-order valence-corrected chi connectivity index (χ1v) is 33.6. The van der Waals surface area contributed by atoms with Crippen LogP contribution in [0.4, 0.5) is 19.2 Å². The molecule has 4 atom stereocenters. The van der Waals surface area contributed by atoms with E-state index in [0.29, 0.717) is 117 Å². The van der Waals surface area contributed by atoms with Gasteiger partial charge in [-0.1, -0.05) is 29.8 Å². The SMILES string of the molecule is C=C(P)P.I.II.O=C(Cl)OCCl.O=C(OCCl)OC1CCOCC1.O=C(OCOC(=O)[C@H]1CCCN1C(=O)CCCCC(=O)N1CCC[C@@H]1C(=O)OCOC(=O)OC1CCOCC1)OC1CCOCC1.OC1CCOCC1. The Labute approximate surface area is 515 Å². The summed E-state index contributed by atoms with van der Waals surface area (Å²) in [4.78, 5) is 97.7. The molecule has 6 saturated heterocycles. The Kier molecular flexibility index (Phi) is 48.2. The standard InChI is InChI=1S/C30H44N2O14.C7H11ClO4.C5H10O2.C2H2Cl2O2.C2H6P2.I2.HI/c33-25(31-13-3-5-23(31)27(35)41-19-43-29(37)45-21-9-15-39-16-10-21)7-1-2-8-26(34)32-14-4-6-24(32)28(36)42-20-44-30(38)46-22-11-17-40-18-12-22;8-5-11-7(9)12-6-1-3-10-4-2-6;6-5-1-3-7-4-2-5;3-1-6-2(4)5;1-2(3)4;1-2;/h21-24H,1-20H2;6H,1-5H2;5-6H,1-4H2;1H2;1,3-4H2;;1H/t23-,24-;;;;;;/m1....../s1. The van der Waals surface area contributed by atoms with Crippen LogP contribution in [0, 0.1) is 0 Å². The number of carbonyl (C=O) groups excluding carboxylic acids is 8. The van der Waals surface area contributed by atoms with Gasteiger partial charge in [0, 0.05) is 127 Å². The predicted molar refractivity (Wildman–Crippen MR) is 316 cm³/mol. The van der Waals surface area contributed by atoms with Crippen molar-refractivity contribution in [2.24, 2.45) is 0 Å². The van der Waals surface area contributed by atoms with Crippen molar-refractivity contribution in [3.63, 3.8) is 0 Å². The minimum atomic E-state index is -0.928. The Morgan fingerprint density at radius 2 is 0.833 bits per heavy atom. The Morgan fingerprint density at radius 3 is 1.10 bits per heavy atom. The van der Waals surface area contributed by atoms with Crippen LogP contribution in [0.2, 0.25) is 0 Å². The van der Waals surface area contributed by atoms with Gasteiger partial charge in [0.05, 0.1) is 45.7 Å². The molecule has 2 amide bonds. The molecule has 0 spiro atoms. The molecule has 0 aromatic carbocycles. The number of likely N-dealkylation sites (tertiary alicyclic amines) is 2. The van der Waals surface area contributed by atoms with Gasteiger partial charge < -0.3 is 76.5 Å². The maximum atomic E-state index is 12.9. The summed E-state index contributed by atoms with van der Waals surface area (Å²) in [6.07, 6.45) is 5.32. The monoisotopic (exact) mass is 1550 g/mol. The Hall–Kier alpha value is -1.38. The van der Waals surface area contributed by atoms with E-state index in [9.17, 15) is 38.4 Å². The molecule has 6 aliphatic heterocycles. The molecule has 6 aliphatic rings. The fraction of sp³-hybridized carbons (Fsp3) is 0.783. The number of ether oxygens (including phenoxy) is 13. The van der Waals surface area contributed by atoms with Crippen molar-refractivity contribution in [3.8, 4) is 0 Å². The number of esters is 2. The number of carbonyl (C=O) groups is 8. The number of nitrogens with zero attached hydrogens (tertiary/aromatic N) is 2. The van der Waals surface area contributed by atoms with Crippen LogP contribution >= 0.6 is 114 Å². The molecule has 0 saturated carbocycles. The van der Waals surface area contributed by atoms with Crippen molar-refractivity contribution < 1.29 is 105 Å². The van der Waals surface area contributed by atoms with Crippen molar-refractivity contribution in [1.82, 2.24) is 9.80 Å². The van der Waals surface area contributed by atoms with Crippen molar-refractivity contribution in [3.05, 3.63) is 11.6 Å². The maximum Gasteiger partial charge on any atom is 0.511 e. The van der Waals surface area contributed by atoms with Gasteiger partial charge in [0.1, 0.15) is 30.4 Å². The first-order chi connectivity index (χ1) is 37.0. The number of rotatable bonds is 16. The average molecular weight is 1560 g/mol. The number of hydrogen-bond donors (Lipinski definition) is 1. The van der Waals surface area contributed by atoms with Crippen molar-refractivity contribution in [1.29, 1.82) is 0 Å². The Balaban J connectivity index is 0.00000149. The van der Waals surface area contributed by atoms with Gasteiger partial charge in [-0.25, -0.2) is 28.8 Å². The average Bonchev–Trinajstić information content (AvgIpc) is 4.12. The normalized spacial score (nSPS) is 19.2. The smallest absolute Gasteiger partial charge is 0.437 e. The second-order valence-electron chi connectivity index (χ2n) is 16.9. The van der Waals surface area contributed by atoms with Crippen LogP contribution in [-0.2, 0) is 80.8 Å². The number of aliphatic hydroxyl groups excluding tert-OH is 1. The molecular formula is C46H74Cl3I3N2O22P2. The van der Waals surface area contributed by atoms with Gasteiger partial charge in [0.15, 0.2) is 12.1 Å². The molecule has 6 heterocycles. The first-order valence-electron chi connectivity index (χ1n) is 24.7. The molecule has 0 radical (unpaired) electrons. The molecule has 0 aliphatic carbocycles. The third kappa shape index (κ3) is 37.7. The fourth-order valence-electron chi connectivity index (χ4n) is 7.59. The van der Waals surface area contributed by atoms with E-state index in [1.54, 1.807) is 0 Å². The van der Waals surface area contributed by atoms with E-state index in [1.807, 2.05) is 0 Å². The summed E-state index contributed by atoms with van der Waals surface area (Å²) in [5.41, 5.74) is -0.870. The lowest BCUT2D eigenvalue weighted by Crippen LogP contribution is -2.42. The fourth-order valence-corrected chi connectivity index (χ4v) is 7.89. The van der Waals surface area contributed by atoms with Crippen molar-refractivity contribution >= 4 is 162 Å². The number of hydrogen-bond acceptors (Lipinski definition) is 22. The molecule has 0 bridgehead atoms. The zero-order valence-corrected chi connectivity index (χ0v) is 54.5. The zero-order chi connectivity index (χ0) is 57.2. The molecule has 6 rings (SSSR count). The summed E-state index contributed by atoms with van der Waals surface area (Å²) in [5, 5.41) is 9.83. The topological polar surface area (TPSA) is 283 Å². The van der Waals surface area contributed by atoms with Gasteiger partial charge in [-0.2, -0.15) is 0 Å². The third-order valence-corrected chi connectivity index (χ3v) is 11.6. The maximum absolute atomic E-state index is 12.9. The summed E-state index contributed by atoms with van der Waals surface area (Å²) in [7, 11) is 4.85. The van der Waals surface area contributed by atoms with E-state index >= 15 is 0 Å². The number of unbranched alkanes of at least 4 members (excludes halogenated alkanes) is 1. The summed E-state index contributed by atoms with van der Waals surface area (Å²) >= 11 is 18.9. The summed E-state index contributed by atoms with van der Waals surface area (Å²) in [6, 6.07) is -1.88. The largest absolute Gasteiger partial charge is 0.511 e. The van der Waals surface area contributed by atoms with Crippen molar-refractivity contribution in [2.75, 3.05) is 91.7 Å². The summed E-state index contributed by atoms with van der Waals surface area (Å²) in [6.45, 7) is 7.82. The molecule has 24 nitrogen and oxygen atoms in total. The summed E-state index contributed by atoms with van der Waals surface area (Å²) < 4.78 is 63.9. The van der Waals surface area contributed by atoms with E-state index < -0.39 is 61.5 Å². The predicted octanol–water partition coefficient (Wildman–Crippen LogP) is 9.02. The lowest BCUT2D eigenvalue weighted by Gasteiger charge is -2.24. The van der Waals surface area contributed by atoms with E-state index in [-0.39, 0.29) is 85.2 Å². The Bertz CT molecular complexity index is 1650. The van der Waals surface area contributed by atoms with E-state index in [4.69, 9.17) is 80.4 Å². The molecular weight excluding hydrogens is 1480 g/mol. The molecule has 6 fully saturated rings. The van der Waals surface area contributed by atoms with Crippen LogP contribution in [-0.4, -0.2) is 191 Å². The van der Waals surface area contributed by atoms with Crippen LogP contribution in [0.3, 0.4) is 0 Å². The van der Waals surface area contributed by atoms with Gasteiger partial charge in [-0.15, -0.1) is 42.5 Å². The highest BCUT2D eigenvalue weighted by atomic mass is 128. The molecule has 32 heteroatoms. The Morgan fingerprint density at radius 1 is 0.526 bits per heavy atom. The molecule has 0 aromatic heterocycles. The van der Waals surface area contributed by atoms with E-state index in [2.05, 4.69) is 83.4 Å². The number of amides is 2. The second-order valence-corrected chi connectivity index (χ2v) is 19.7. The first kappa shape index (κ1) is 76.6. The zero-order valence-electron chi connectivity index (χ0n) is 43.3. The van der Waals surface area contributed by atoms with E-state index in [1.165, 1.54) is 9.80 Å². The molecule has 1 N–H and O–H groups in total. The van der Waals surface area contributed by atoms with Crippen LogP contribution < -0.4 is 0 Å². The number of alkyl halides is 2. The highest BCUT2D eigenvalue weighted by Crippen LogP contribution is 2.23. The van der Waals surface area contributed by atoms with Gasteiger partial charge in [-0.05, 0) is 56.4 Å². The van der Waals surface area contributed by atoms with Crippen LogP contribution in [0.25, 0.3) is 0 Å².